The van der Waals surface area contributed by atoms with Crippen molar-refractivity contribution in [3.63, 3.8) is 0 Å². The molecule has 2 amide bonds. The second-order valence-corrected chi connectivity index (χ2v) is 13.1. The average molecular weight is 646 g/mol. The molecule has 5 rings (SSSR count). The maximum Gasteiger partial charge on any atom is 0.249 e. The van der Waals surface area contributed by atoms with Crippen LogP contribution in [0.2, 0.25) is 0 Å². The second-order valence-electron chi connectivity index (χ2n) is 13.1. The molecule has 2 heterocycles. The predicted octanol–water partition coefficient (Wildman–Crippen LogP) is 4.28. The molecular weight excluding hydrogens is 586 g/mol. The number of nitrogens with zero attached hydrogens (tertiary/aromatic N) is 3. The first-order valence-electron chi connectivity index (χ1n) is 17.3. The lowest BCUT2D eigenvalue weighted by Crippen LogP contribution is -2.37. The molecule has 0 aromatic heterocycles. The van der Waals surface area contributed by atoms with Crippen molar-refractivity contribution in [3.8, 4) is 0 Å². The Labute approximate surface area is 276 Å². The van der Waals surface area contributed by atoms with Gasteiger partial charge in [0.2, 0.25) is 17.9 Å². The van der Waals surface area contributed by atoms with Crippen LogP contribution < -0.4 is 10.6 Å². The third-order valence-corrected chi connectivity index (χ3v) is 8.07. The Morgan fingerprint density at radius 2 is 1.43 bits per heavy atom. The molecule has 1 unspecified atom stereocenters. The van der Waals surface area contributed by atoms with Crippen LogP contribution in [0.4, 0.5) is 0 Å². The number of amides is 2. The van der Waals surface area contributed by atoms with Crippen molar-refractivity contribution in [3.05, 3.63) is 23.0 Å². The van der Waals surface area contributed by atoms with Gasteiger partial charge in [0.05, 0.1) is 38.4 Å². The molecule has 46 heavy (non-hydrogen) atoms. The number of allylic oxidation sites excluding steroid dienone is 3. The van der Waals surface area contributed by atoms with Crippen LogP contribution in [-0.2, 0) is 28.7 Å². The number of ketones is 1. The largest absolute Gasteiger partial charge is 0.378 e. The van der Waals surface area contributed by atoms with E-state index in [9.17, 15) is 19.2 Å². The quantitative estimate of drug-likeness (QED) is 0.239. The van der Waals surface area contributed by atoms with Crippen LogP contribution in [0, 0.1) is 5.92 Å². The van der Waals surface area contributed by atoms with E-state index in [-0.39, 0.29) is 41.6 Å². The van der Waals surface area contributed by atoms with Gasteiger partial charge in [-0.2, -0.15) is 0 Å². The van der Waals surface area contributed by atoms with Gasteiger partial charge >= 0.3 is 0 Å². The summed E-state index contributed by atoms with van der Waals surface area (Å²) in [4.78, 5) is 52.0. The van der Waals surface area contributed by atoms with E-state index in [4.69, 9.17) is 9.47 Å². The molecule has 3 aliphatic carbocycles. The maximum atomic E-state index is 12.1. The Kier molecular flexibility index (Phi) is 18.5. The lowest BCUT2D eigenvalue weighted by atomic mass is 10.1. The van der Waals surface area contributed by atoms with E-state index in [1.165, 1.54) is 31.0 Å². The number of morpholine rings is 2. The number of hydrogen-bond donors (Lipinski definition) is 2. The Morgan fingerprint density at radius 3 is 1.89 bits per heavy atom. The smallest absolute Gasteiger partial charge is 0.249 e. The Balaban J connectivity index is 0.000000226. The number of carbonyl (C=O) groups is 3. The summed E-state index contributed by atoms with van der Waals surface area (Å²) in [5.74, 6) is -0.216. The molecule has 0 aromatic rings. The van der Waals surface area contributed by atoms with Gasteiger partial charge in [-0.05, 0) is 92.9 Å². The SMILES string of the molecule is C1=C(N2CCOCC2)CCC1.CC(C)N=C=O.CC(C)NC(=O)C1=C(N2CCOCC2)CCC1.CC(C)NC(=O)C1CCCC1=O. The Hall–Kier alpha value is -3.01. The lowest BCUT2D eigenvalue weighted by Gasteiger charge is -2.30. The number of hydrogen-bond acceptors (Lipinski definition) is 9. The Morgan fingerprint density at radius 1 is 0.826 bits per heavy atom. The van der Waals surface area contributed by atoms with Crippen LogP contribution in [0.1, 0.15) is 99.3 Å². The number of isocyanates is 1. The fourth-order valence-corrected chi connectivity index (χ4v) is 5.88. The molecule has 0 spiro atoms. The molecule has 260 valence electrons. The minimum Gasteiger partial charge on any atom is -0.378 e. The summed E-state index contributed by atoms with van der Waals surface area (Å²) in [6.45, 7) is 18.9. The molecule has 3 fully saturated rings. The number of nitrogens with one attached hydrogen (secondary N) is 2. The van der Waals surface area contributed by atoms with Crippen LogP contribution >= 0.6 is 0 Å². The second kappa shape index (κ2) is 21.7. The molecule has 5 aliphatic rings. The van der Waals surface area contributed by atoms with E-state index in [1.54, 1.807) is 5.70 Å². The number of Topliss-reactive ketones (excluding diaryl/α,β-unsaturated/α-hetero) is 1. The van der Waals surface area contributed by atoms with E-state index < -0.39 is 0 Å². The maximum absolute atomic E-state index is 12.1. The first kappa shape index (κ1) is 39.2. The van der Waals surface area contributed by atoms with Gasteiger partial charge < -0.3 is 29.9 Å². The van der Waals surface area contributed by atoms with Crippen LogP contribution in [-0.4, -0.2) is 104 Å². The zero-order valence-corrected chi connectivity index (χ0v) is 29.2. The zero-order valence-electron chi connectivity index (χ0n) is 29.2. The minimum absolute atomic E-state index is 0.0903. The fraction of sp³-hybridized carbons (Fsp3) is 0.771. The third-order valence-electron chi connectivity index (χ3n) is 8.07. The molecule has 1 saturated carbocycles. The molecule has 2 saturated heterocycles. The van der Waals surface area contributed by atoms with Gasteiger partial charge in [-0.25, -0.2) is 9.79 Å². The summed E-state index contributed by atoms with van der Waals surface area (Å²) in [6.07, 6.45) is 13.0. The summed E-state index contributed by atoms with van der Waals surface area (Å²) < 4.78 is 10.6. The van der Waals surface area contributed by atoms with Crippen LogP contribution in [0.5, 0.6) is 0 Å². The van der Waals surface area contributed by atoms with Gasteiger partial charge in [0.25, 0.3) is 0 Å². The number of rotatable bonds is 7. The van der Waals surface area contributed by atoms with Gasteiger partial charge in [-0.3, -0.25) is 14.4 Å². The average Bonchev–Trinajstić information content (AvgIpc) is 3.81. The van der Waals surface area contributed by atoms with Gasteiger partial charge in [0.15, 0.2) is 0 Å². The number of ether oxygens (including phenoxy) is 2. The minimum atomic E-state index is -0.354. The summed E-state index contributed by atoms with van der Waals surface area (Å²) in [6, 6.07) is 0.440. The van der Waals surface area contributed by atoms with Crippen molar-refractivity contribution in [1.29, 1.82) is 0 Å². The molecule has 11 heteroatoms. The zero-order chi connectivity index (χ0) is 33.9. The van der Waals surface area contributed by atoms with Crippen LogP contribution in [0.3, 0.4) is 0 Å². The first-order valence-corrected chi connectivity index (χ1v) is 17.3. The summed E-state index contributed by atoms with van der Waals surface area (Å²) in [5, 5.41) is 5.75. The molecule has 0 aromatic carbocycles. The van der Waals surface area contributed by atoms with Gasteiger partial charge in [-0.1, -0.05) is 6.08 Å². The molecule has 0 bridgehead atoms. The van der Waals surface area contributed by atoms with E-state index in [0.29, 0.717) is 6.42 Å². The van der Waals surface area contributed by atoms with Gasteiger partial charge in [0.1, 0.15) is 5.78 Å². The topological polar surface area (TPSA) is 130 Å². The summed E-state index contributed by atoms with van der Waals surface area (Å²) >= 11 is 0. The standard InChI is InChI=1S/C13H22N2O2.C9H15NO2.C9H15NO.C4H7NO/c1-10(2)14-13(16)11-4-3-5-12(11)15-6-8-17-9-7-15;1-6(2)10-9(12)7-4-3-5-8(7)11;1-2-4-9(3-1)10-5-7-11-8-6-10;1-4(2)5-3-6/h10H,3-9H2,1-2H3,(H,14,16);6-7H,3-5H2,1-2H3,(H,10,12);3H,1-2,4-8H2;4H,1-2H3. The highest BCUT2D eigenvalue weighted by molar-refractivity contribution is 6.02. The molecule has 11 nitrogen and oxygen atoms in total. The first-order chi connectivity index (χ1) is 22.0. The van der Waals surface area contributed by atoms with Crippen molar-refractivity contribution in [1.82, 2.24) is 20.4 Å². The van der Waals surface area contributed by atoms with Crippen molar-refractivity contribution in [2.45, 2.75) is 117 Å². The van der Waals surface area contributed by atoms with Gasteiger partial charge in [-0.15, -0.1) is 0 Å². The molecular formula is C35H59N5O6. The highest BCUT2D eigenvalue weighted by atomic mass is 16.5. The van der Waals surface area contributed by atoms with Gasteiger partial charge in [0, 0.05) is 61.7 Å². The Bertz CT molecular complexity index is 1070. The van der Waals surface area contributed by atoms with Crippen molar-refractivity contribution >= 4 is 23.7 Å². The van der Waals surface area contributed by atoms with Crippen molar-refractivity contribution in [2.75, 3.05) is 52.6 Å². The molecule has 2 aliphatic heterocycles. The van der Waals surface area contributed by atoms with E-state index in [1.807, 2.05) is 41.5 Å². The third kappa shape index (κ3) is 14.6. The highest BCUT2D eigenvalue weighted by Crippen LogP contribution is 2.29. The van der Waals surface area contributed by atoms with Crippen molar-refractivity contribution < 1.29 is 28.7 Å². The van der Waals surface area contributed by atoms with E-state index in [0.717, 1.165) is 90.3 Å². The lowest BCUT2D eigenvalue weighted by molar-refractivity contribution is -0.132. The van der Waals surface area contributed by atoms with E-state index >= 15 is 0 Å². The summed E-state index contributed by atoms with van der Waals surface area (Å²) in [5.41, 5.74) is 3.82. The summed E-state index contributed by atoms with van der Waals surface area (Å²) in [7, 11) is 0. The predicted molar refractivity (Wildman–Crippen MR) is 180 cm³/mol. The number of aliphatic imine (C=N–C) groups is 1. The van der Waals surface area contributed by atoms with E-state index in [2.05, 4.69) is 31.5 Å². The molecule has 2 N–H and O–H groups in total. The van der Waals surface area contributed by atoms with Crippen molar-refractivity contribution in [2.24, 2.45) is 10.9 Å². The normalized spacial score (nSPS) is 21.0. The molecule has 0 radical (unpaired) electrons. The molecule has 1 atom stereocenters. The fourth-order valence-electron chi connectivity index (χ4n) is 5.88. The number of carbonyl (C=O) groups excluding carboxylic acids is 4. The monoisotopic (exact) mass is 645 g/mol. The highest BCUT2D eigenvalue weighted by Gasteiger charge is 2.31. The van der Waals surface area contributed by atoms with Crippen LogP contribution in [0.25, 0.3) is 0 Å². The van der Waals surface area contributed by atoms with Crippen LogP contribution in [0.15, 0.2) is 28.0 Å².